The van der Waals surface area contributed by atoms with Crippen LogP contribution in [-0.2, 0) is 0 Å². The molecule has 2 heterocycles. The zero-order valence-corrected chi connectivity index (χ0v) is 29.8. The smallest absolute Gasteiger partial charge is 0.164 e. The summed E-state index contributed by atoms with van der Waals surface area (Å²) >= 11 is 0. The Balaban J connectivity index is 1.22. The highest BCUT2D eigenvalue weighted by Crippen LogP contribution is 2.40. The zero-order valence-electron chi connectivity index (χ0n) is 29.8. The highest BCUT2D eigenvalue weighted by molar-refractivity contribution is 6.14. The molecule has 0 spiro atoms. The van der Waals surface area contributed by atoms with E-state index in [1.807, 2.05) is 18.2 Å². The van der Waals surface area contributed by atoms with Crippen molar-refractivity contribution in [1.82, 2.24) is 19.5 Å². The van der Waals surface area contributed by atoms with Crippen LogP contribution in [0.2, 0.25) is 0 Å². The van der Waals surface area contributed by atoms with Crippen LogP contribution >= 0.6 is 0 Å². The van der Waals surface area contributed by atoms with Crippen molar-refractivity contribution in [2.24, 2.45) is 0 Å². The second-order valence-electron chi connectivity index (χ2n) is 14.1. The van der Waals surface area contributed by atoms with Gasteiger partial charge in [0.15, 0.2) is 17.5 Å². The van der Waals surface area contributed by atoms with Crippen LogP contribution in [0.25, 0.3) is 105 Å². The van der Waals surface area contributed by atoms with E-state index in [0.29, 0.717) is 17.5 Å². The molecule has 11 aromatic rings. The first-order chi connectivity index (χ1) is 27.2. The fourth-order valence-electron chi connectivity index (χ4n) is 8.20. The van der Waals surface area contributed by atoms with Gasteiger partial charge in [-0.15, -0.1) is 0 Å². The average Bonchev–Trinajstić information content (AvgIpc) is 3.60. The van der Waals surface area contributed by atoms with Crippen LogP contribution in [0.5, 0.6) is 0 Å². The molecule has 4 heteroatoms. The lowest BCUT2D eigenvalue weighted by Crippen LogP contribution is -2.02. The summed E-state index contributed by atoms with van der Waals surface area (Å²) in [5.41, 5.74) is 8.37. The van der Waals surface area contributed by atoms with Crippen LogP contribution in [-0.4, -0.2) is 19.5 Å². The Morgan fingerprint density at radius 2 is 0.818 bits per heavy atom. The van der Waals surface area contributed by atoms with Crippen molar-refractivity contribution in [2.45, 2.75) is 0 Å². The normalized spacial score (nSPS) is 11.6. The molecular weight excluding hydrogens is 669 g/mol. The summed E-state index contributed by atoms with van der Waals surface area (Å²) in [6.45, 7) is 0. The molecule has 0 unspecified atom stereocenters. The molecule has 2 aromatic heterocycles. The number of para-hydroxylation sites is 2. The van der Waals surface area contributed by atoms with Crippen molar-refractivity contribution < 1.29 is 0 Å². The molecule has 55 heavy (non-hydrogen) atoms. The van der Waals surface area contributed by atoms with E-state index in [1.165, 1.54) is 37.7 Å². The zero-order chi connectivity index (χ0) is 36.3. The maximum absolute atomic E-state index is 5.27. The summed E-state index contributed by atoms with van der Waals surface area (Å²) in [6.07, 6.45) is 0. The molecule has 0 aliphatic heterocycles. The molecule has 0 amide bonds. The summed E-state index contributed by atoms with van der Waals surface area (Å²) < 4.78 is 2.38. The monoisotopic (exact) mass is 700 g/mol. The van der Waals surface area contributed by atoms with Crippen molar-refractivity contribution in [1.29, 1.82) is 0 Å². The van der Waals surface area contributed by atoms with Crippen LogP contribution in [0, 0.1) is 0 Å². The Hall–Kier alpha value is -7.43. The van der Waals surface area contributed by atoms with Gasteiger partial charge in [0, 0.05) is 33.2 Å². The van der Waals surface area contributed by atoms with Crippen molar-refractivity contribution in [3.63, 3.8) is 0 Å². The number of hydrogen-bond donors (Lipinski definition) is 0. The fraction of sp³-hybridized carbons (Fsp3) is 0. The van der Waals surface area contributed by atoms with Gasteiger partial charge in [0.05, 0.1) is 11.0 Å². The van der Waals surface area contributed by atoms with Gasteiger partial charge in [0.2, 0.25) is 0 Å². The third kappa shape index (κ3) is 5.26. The summed E-state index contributed by atoms with van der Waals surface area (Å²) in [7, 11) is 0. The Morgan fingerprint density at radius 1 is 0.291 bits per heavy atom. The van der Waals surface area contributed by atoms with E-state index in [9.17, 15) is 0 Å². The van der Waals surface area contributed by atoms with E-state index in [0.717, 1.165) is 49.9 Å². The van der Waals surface area contributed by atoms with E-state index in [1.54, 1.807) is 0 Å². The molecule has 0 bridgehead atoms. The predicted molar refractivity (Wildman–Crippen MR) is 228 cm³/mol. The standard InChI is InChI=1S/C51H32N4/c1-2-15-34(16-3-1)49-52-50(37-27-26-33-14-4-5-17-35(33)28-37)54-51(53-49)39-29-38(46-32-36-18-6-7-19-41(36)42-20-8-9-21-43(42)46)30-40(31-39)55-47-24-12-10-22-44(47)45-23-11-13-25-48(45)55/h1-32H. The van der Waals surface area contributed by atoms with Crippen molar-refractivity contribution >= 4 is 54.1 Å². The van der Waals surface area contributed by atoms with E-state index in [4.69, 9.17) is 15.0 Å². The minimum atomic E-state index is 0.617. The summed E-state index contributed by atoms with van der Waals surface area (Å²) in [5, 5.41) is 9.61. The Kier molecular flexibility index (Phi) is 7.14. The second-order valence-corrected chi connectivity index (χ2v) is 14.1. The minimum Gasteiger partial charge on any atom is -0.309 e. The first kappa shape index (κ1) is 31.1. The summed E-state index contributed by atoms with van der Waals surface area (Å²) in [5.74, 6) is 1.88. The topological polar surface area (TPSA) is 43.6 Å². The minimum absolute atomic E-state index is 0.617. The van der Waals surface area contributed by atoms with Gasteiger partial charge < -0.3 is 4.57 Å². The van der Waals surface area contributed by atoms with Gasteiger partial charge in [0.25, 0.3) is 0 Å². The molecule has 9 aromatic carbocycles. The Morgan fingerprint density at radius 3 is 1.55 bits per heavy atom. The number of hydrogen-bond acceptors (Lipinski definition) is 3. The third-order valence-electron chi connectivity index (χ3n) is 10.8. The fourth-order valence-corrected chi connectivity index (χ4v) is 8.20. The second kappa shape index (κ2) is 12.6. The first-order valence-corrected chi connectivity index (χ1v) is 18.6. The Bertz CT molecular complexity index is 3220. The third-order valence-corrected chi connectivity index (χ3v) is 10.8. The van der Waals surface area contributed by atoms with Crippen molar-refractivity contribution in [3.05, 3.63) is 194 Å². The number of aromatic nitrogens is 4. The lowest BCUT2D eigenvalue weighted by atomic mass is 9.92. The molecule has 0 saturated carbocycles. The first-order valence-electron chi connectivity index (χ1n) is 18.6. The molecule has 0 radical (unpaired) electrons. The molecule has 11 rings (SSSR count). The van der Waals surface area contributed by atoms with Gasteiger partial charge in [0.1, 0.15) is 0 Å². The van der Waals surface area contributed by atoms with Crippen molar-refractivity contribution in [3.8, 4) is 51.0 Å². The van der Waals surface area contributed by atoms with Gasteiger partial charge >= 0.3 is 0 Å². The van der Waals surface area contributed by atoms with Crippen molar-refractivity contribution in [2.75, 3.05) is 0 Å². The van der Waals surface area contributed by atoms with Crippen LogP contribution in [0.1, 0.15) is 0 Å². The van der Waals surface area contributed by atoms with E-state index >= 15 is 0 Å². The summed E-state index contributed by atoms with van der Waals surface area (Å²) in [4.78, 5) is 15.6. The lowest BCUT2D eigenvalue weighted by molar-refractivity contribution is 1.07. The van der Waals surface area contributed by atoms with E-state index in [2.05, 4.69) is 180 Å². The van der Waals surface area contributed by atoms with Gasteiger partial charge in [-0.05, 0) is 85.9 Å². The van der Waals surface area contributed by atoms with Crippen LogP contribution < -0.4 is 0 Å². The predicted octanol–water partition coefficient (Wildman–Crippen LogP) is 13.1. The SMILES string of the molecule is c1ccc(-c2nc(-c3cc(-c4cc5ccccc5c5ccccc45)cc(-n4c5ccccc5c5ccccc54)c3)nc(-c3ccc4ccccc4c3)n2)cc1. The molecule has 0 aliphatic carbocycles. The molecule has 0 aliphatic rings. The van der Waals surface area contributed by atoms with Crippen LogP contribution in [0.15, 0.2) is 194 Å². The lowest BCUT2D eigenvalue weighted by Gasteiger charge is -2.16. The molecular formula is C51H32N4. The van der Waals surface area contributed by atoms with Gasteiger partial charge in [-0.1, -0.05) is 152 Å². The van der Waals surface area contributed by atoms with Gasteiger partial charge in [-0.3, -0.25) is 0 Å². The molecule has 0 saturated heterocycles. The molecule has 256 valence electrons. The van der Waals surface area contributed by atoms with E-state index in [-0.39, 0.29) is 0 Å². The number of benzene rings is 9. The van der Waals surface area contributed by atoms with Crippen LogP contribution in [0.3, 0.4) is 0 Å². The Labute approximate surface area is 317 Å². The molecule has 0 fully saturated rings. The van der Waals surface area contributed by atoms with Gasteiger partial charge in [-0.25, -0.2) is 15.0 Å². The quantitative estimate of drug-likeness (QED) is 0.168. The maximum atomic E-state index is 5.27. The molecule has 0 N–H and O–H groups in total. The highest BCUT2D eigenvalue weighted by Gasteiger charge is 2.19. The van der Waals surface area contributed by atoms with Gasteiger partial charge in [-0.2, -0.15) is 0 Å². The van der Waals surface area contributed by atoms with Crippen LogP contribution in [0.4, 0.5) is 0 Å². The molecule has 0 atom stereocenters. The average molecular weight is 701 g/mol. The maximum Gasteiger partial charge on any atom is 0.164 e. The summed E-state index contributed by atoms with van der Waals surface area (Å²) in [6, 6.07) is 68.8. The highest BCUT2D eigenvalue weighted by atomic mass is 15.0. The number of nitrogens with zero attached hydrogens (tertiary/aromatic N) is 4. The number of fused-ring (bicyclic) bond motifs is 7. The molecule has 4 nitrogen and oxygen atoms in total. The largest absolute Gasteiger partial charge is 0.309 e. The number of rotatable bonds is 5. The van der Waals surface area contributed by atoms with E-state index < -0.39 is 0 Å².